The van der Waals surface area contributed by atoms with Gasteiger partial charge in [0.15, 0.2) is 0 Å². The molecule has 1 aliphatic rings. The first kappa shape index (κ1) is 14.7. The van der Waals surface area contributed by atoms with Crippen molar-refractivity contribution in [2.24, 2.45) is 0 Å². The van der Waals surface area contributed by atoms with Crippen molar-refractivity contribution in [3.8, 4) is 0 Å². The van der Waals surface area contributed by atoms with Crippen molar-refractivity contribution in [1.29, 1.82) is 0 Å². The minimum Gasteiger partial charge on any atom is -0.0949 e. The lowest BCUT2D eigenvalue weighted by Gasteiger charge is -2.09. The van der Waals surface area contributed by atoms with Crippen LogP contribution in [0.5, 0.6) is 0 Å². The molecule has 2 rings (SSSR count). The Morgan fingerprint density at radius 1 is 0.684 bits per heavy atom. The molecule has 0 radical (unpaired) electrons. The average Bonchev–Trinajstić information content (AvgIpc) is 2.43. The lowest BCUT2D eigenvalue weighted by Crippen LogP contribution is -1.86. The average molecular weight is 274 g/mol. The molecule has 0 atom stereocenters. The van der Waals surface area contributed by atoms with Crippen LogP contribution in [0.3, 0.4) is 0 Å². The van der Waals surface area contributed by atoms with Crippen LogP contribution in [0.15, 0.2) is 46.2 Å². The Balaban J connectivity index is 1.90. The molecule has 1 heteroatoms. The quantitative estimate of drug-likeness (QED) is 0.587. The first-order valence-electron chi connectivity index (χ1n) is 7.87. The van der Waals surface area contributed by atoms with E-state index in [9.17, 15) is 0 Å². The van der Waals surface area contributed by atoms with Gasteiger partial charge in [0.25, 0.3) is 0 Å². The van der Waals surface area contributed by atoms with Crippen LogP contribution in [0, 0.1) is 0 Å². The smallest absolute Gasteiger partial charge is 0.0118 e. The van der Waals surface area contributed by atoms with Crippen LogP contribution >= 0.6 is 11.8 Å². The van der Waals surface area contributed by atoms with E-state index in [1.54, 1.807) is 4.91 Å². The van der Waals surface area contributed by atoms with Crippen LogP contribution in [0.25, 0.3) is 0 Å². The molecule has 0 spiro atoms. The molecule has 1 aliphatic carbocycles. The fourth-order valence-corrected chi connectivity index (χ4v) is 3.65. The number of thioether (sulfide) groups is 1. The highest BCUT2D eigenvalue weighted by atomic mass is 32.2. The van der Waals surface area contributed by atoms with Gasteiger partial charge in [0, 0.05) is 4.90 Å². The van der Waals surface area contributed by atoms with Crippen LogP contribution in [0.2, 0.25) is 0 Å². The standard InChI is InChI=1S/C18H26S/c1-2-4-6-9-13-17(14-10-7-5-3-1)19-18-15-11-8-12-16-18/h8,11-13,15-16H,1-7,9-10,14H2. The Morgan fingerprint density at radius 3 is 2.05 bits per heavy atom. The molecule has 0 nitrogen and oxygen atoms in total. The molecular formula is C18H26S. The third-order valence-electron chi connectivity index (χ3n) is 3.74. The second kappa shape index (κ2) is 9.25. The van der Waals surface area contributed by atoms with Crippen molar-refractivity contribution >= 4 is 11.8 Å². The summed E-state index contributed by atoms with van der Waals surface area (Å²) in [4.78, 5) is 2.98. The largest absolute Gasteiger partial charge is 0.0949 e. The molecule has 0 N–H and O–H groups in total. The normalized spacial score (nSPS) is 19.1. The van der Waals surface area contributed by atoms with E-state index >= 15 is 0 Å². The second-order valence-electron chi connectivity index (χ2n) is 5.45. The zero-order chi connectivity index (χ0) is 13.2. The fourth-order valence-electron chi connectivity index (χ4n) is 2.60. The van der Waals surface area contributed by atoms with Crippen molar-refractivity contribution in [3.05, 3.63) is 41.3 Å². The maximum atomic E-state index is 2.50. The number of hydrogen-bond donors (Lipinski definition) is 0. The molecule has 1 aromatic carbocycles. The molecule has 0 heterocycles. The van der Waals surface area contributed by atoms with E-state index in [1.807, 2.05) is 11.8 Å². The lowest BCUT2D eigenvalue weighted by molar-refractivity contribution is 0.565. The number of rotatable bonds is 2. The second-order valence-corrected chi connectivity index (χ2v) is 6.65. The van der Waals surface area contributed by atoms with Gasteiger partial charge in [0.05, 0.1) is 0 Å². The highest BCUT2D eigenvalue weighted by Crippen LogP contribution is 2.31. The molecule has 0 amide bonds. The van der Waals surface area contributed by atoms with Crippen molar-refractivity contribution in [3.63, 3.8) is 0 Å². The summed E-state index contributed by atoms with van der Waals surface area (Å²) in [7, 11) is 0. The van der Waals surface area contributed by atoms with Crippen molar-refractivity contribution in [2.75, 3.05) is 0 Å². The fraction of sp³-hybridized carbons (Fsp3) is 0.556. The molecule has 0 saturated heterocycles. The van der Waals surface area contributed by atoms with Crippen LogP contribution in [0.4, 0.5) is 0 Å². The third kappa shape index (κ3) is 6.33. The van der Waals surface area contributed by atoms with E-state index in [0.29, 0.717) is 0 Å². The van der Waals surface area contributed by atoms with Crippen LogP contribution in [-0.2, 0) is 0 Å². The monoisotopic (exact) mass is 274 g/mol. The van der Waals surface area contributed by atoms with Gasteiger partial charge in [-0.1, -0.05) is 74.6 Å². The zero-order valence-electron chi connectivity index (χ0n) is 11.9. The molecule has 0 aliphatic heterocycles. The highest BCUT2D eigenvalue weighted by Gasteiger charge is 2.02. The first-order chi connectivity index (χ1) is 9.45. The number of allylic oxidation sites excluding steroid dienone is 2. The van der Waals surface area contributed by atoms with E-state index < -0.39 is 0 Å². The van der Waals surface area contributed by atoms with E-state index in [-0.39, 0.29) is 0 Å². The molecular weight excluding hydrogens is 248 g/mol. The van der Waals surface area contributed by atoms with Crippen LogP contribution in [-0.4, -0.2) is 0 Å². The Kier molecular flexibility index (Phi) is 7.16. The van der Waals surface area contributed by atoms with Gasteiger partial charge < -0.3 is 0 Å². The summed E-state index contributed by atoms with van der Waals surface area (Å²) in [5.41, 5.74) is 0. The SMILES string of the molecule is C1=C(Sc2ccccc2)CCCCCCCCCC1. The maximum Gasteiger partial charge on any atom is 0.0118 e. The summed E-state index contributed by atoms with van der Waals surface area (Å²) >= 11 is 1.98. The maximum absolute atomic E-state index is 2.50. The van der Waals surface area contributed by atoms with E-state index in [1.165, 1.54) is 69.1 Å². The summed E-state index contributed by atoms with van der Waals surface area (Å²) in [5.74, 6) is 0. The summed E-state index contributed by atoms with van der Waals surface area (Å²) in [5, 5.41) is 0. The predicted molar refractivity (Wildman–Crippen MR) is 86.6 cm³/mol. The highest BCUT2D eigenvalue weighted by molar-refractivity contribution is 8.03. The Labute approximate surface area is 122 Å². The van der Waals surface area contributed by atoms with Gasteiger partial charge in [0.1, 0.15) is 0 Å². The molecule has 0 saturated carbocycles. The Morgan fingerprint density at radius 2 is 1.32 bits per heavy atom. The zero-order valence-corrected chi connectivity index (χ0v) is 12.8. The molecule has 0 bridgehead atoms. The van der Waals surface area contributed by atoms with Gasteiger partial charge in [-0.25, -0.2) is 0 Å². The van der Waals surface area contributed by atoms with Gasteiger partial charge in [-0.3, -0.25) is 0 Å². The van der Waals surface area contributed by atoms with Crippen molar-refractivity contribution in [1.82, 2.24) is 0 Å². The van der Waals surface area contributed by atoms with Crippen molar-refractivity contribution < 1.29 is 0 Å². The van der Waals surface area contributed by atoms with Crippen molar-refractivity contribution in [2.45, 2.75) is 69.1 Å². The Hall–Kier alpha value is -0.690. The van der Waals surface area contributed by atoms with E-state index in [0.717, 1.165) is 0 Å². The first-order valence-corrected chi connectivity index (χ1v) is 8.69. The molecule has 104 valence electrons. The number of benzene rings is 1. The van der Waals surface area contributed by atoms with Gasteiger partial charge in [0.2, 0.25) is 0 Å². The van der Waals surface area contributed by atoms with Crippen LogP contribution < -0.4 is 0 Å². The molecule has 0 aromatic heterocycles. The summed E-state index contributed by atoms with van der Waals surface area (Å²) in [6, 6.07) is 10.8. The lowest BCUT2D eigenvalue weighted by atomic mass is 10.0. The Bertz CT molecular complexity index is 367. The molecule has 19 heavy (non-hydrogen) atoms. The number of hydrogen-bond acceptors (Lipinski definition) is 1. The summed E-state index contributed by atoms with van der Waals surface area (Å²) in [6.07, 6.45) is 16.4. The molecule has 1 aromatic rings. The third-order valence-corrected chi connectivity index (χ3v) is 4.88. The summed E-state index contributed by atoms with van der Waals surface area (Å²) < 4.78 is 0. The summed E-state index contributed by atoms with van der Waals surface area (Å²) in [6.45, 7) is 0. The molecule has 0 unspecified atom stereocenters. The predicted octanol–water partition coefficient (Wildman–Crippen LogP) is 6.58. The van der Waals surface area contributed by atoms with Gasteiger partial charge in [-0.15, -0.1) is 0 Å². The van der Waals surface area contributed by atoms with Gasteiger partial charge in [-0.05, 0) is 42.7 Å². The van der Waals surface area contributed by atoms with Crippen LogP contribution in [0.1, 0.15) is 64.2 Å². The minimum absolute atomic E-state index is 1.27. The van der Waals surface area contributed by atoms with Gasteiger partial charge >= 0.3 is 0 Å². The molecule has 0 fully saturated rings. The minimum atomic E-state index is 1.27. The van der Waals surface area contributed by atoms with Gasteiger partial charge in [-0.2, -0.15) is 0 Å². The van der Waals surface area contributed by atoms with E-state index in [4.69, 9.17) is 0 Å². The topological polar surface area (TPSA) is 0 Å². The van der Waals surface area contributed by atoms with E-state index in [2.05, 4.69) is 36.4 Å².